The van der Waals surface area contributed by atoms with E-state index >= 15 is 0 Å². The Morgan fingerprint density at radius 2 is 1.81 bits per heavy atom. The van der Waals surface area contributed by atoms with E-state index in [1.807, 2.05) is 30.3 Å². The summed E-state index contributed by atoms with van der Waals surface area (Å²) >= 11 is 0. The number of rotatable bonds is 5. The summed E-state index contributed by atoms with van der Waals surface area (Å²) in [6, 6.07) is 16.6. The van der Waals surface area contributed by atoms with Gasteiger partial charge in [0.05, 0.1) is 6.04 Å². The van der Waals surface area contributed by atoms with Crippen molar-refractivity contribution in [1.29, 1.82) is 0 Å². The number of anilines is 1. The summed E-state index contributed by atoms with van der Waals surface area (Å²) in [5.41, 5.74) is 4.85. The highest BCUT2D eigenvalue weighted by Gasteiger charge is 2.25. The molecule has 142 valence electrons. The van der Waals surface area contributed by atoms with Crippen molar-refractivity contribution in [3.8, 4) is 0 Å². The van der Waals surface area contributed by atoms with Gasteiger partial charge in [0, 0.05) is 31.4 Å². The molecule has 0 aliphatic carbocycles. The maximum atomic E-state index is 12.6. The molecule has 2 aliphatic heterocycles. The van der Waals surface area contributed by atoms with Crippen LogP contribution in [-0.2, 0) is 6.42 Å². The molecular weight excluding hydrogens is 334 g/mol. The molecule has 1 N–H and O–H groups in total. The van der Waals surface area contributed by atoms with Gasteiger partial charge < -0.3 is 10.2 Å². The lowest BCUT2D eigenvalue weighted by atomic mass is 9.98. The molecule has 0 saturated carbocycles. The molecule has 2 aliphatic rings. The van der Waals surface area contributed by atoms with Crippen LogP contribution in [0.5, 0.6) is 0 Å². The lowest BCUT2D eigenvalue weighted by Crippen LogP contribution is -2.40. The molecule has 1 atom stereocenters. The average molecular weight is 364 g/mol. The van der Waals surface area contributed by atoms with Gasteiger partial charge in [0.25, 0.3) is 5.91 Å². The Bertz CT molecular complexity index is 783. The summed E-state index contributed by atoms with van der Waals surface area (Å²) in [5.74, 6) is 0.0125. The number of benzene rings is 2. The van der Waals surface area contributed by atoms with Crippen LogP contribution in [-0.4, -0.2) is 44.0 Å². The quantitative estimate of drug-likeness (QED) is 0.881. The largest absolute Gasteiger partial charge is 0.374 e. The minimum atomic E-state index is 0.0125. The highest BCUT2D eigenvalue weighted by atomic mass is 16.1. The van der Waals surface area contributed by atoms with Crippen molar-refractivity contribution in [2.45, 2.75) is 31.7 Å². The van der Waals surface area contributed by atoms with Crippen LogP contribution in [0.25, 0.3) is 0 Å². The predicted molar refractivity (Wildman–Crippen MR) is 110 cm³/mol. The van der Waals surface area contributed by atoms with Crippen molar-refractivity contribution in [2.24, 2.45) is 0 Å². The minimum Gasteiger partial charge on any atom is -0.374 e. The molecule has 4 heteroatoms. The van der Waals surface area contributed by atoms with Crippen molar-refractivity contribution < 1.29 is 4.79 Å². The molecule has 1 amide bonds. The number of likely N-dealkylation sites (tertiary alicyclic amines) is 1. The first-order valence-electron chi connectivity index (χ1n) is 10.1. The molecule has 0 aromatic heterocycles. The van der Waals surface area contributed by atoms with Crippen LogP contribution in [0.1, 0.15) is 46.8 Å². The number of nitrogens with one attached hydrogen (secondary N) is 1. The van der Waals surface area contributed by atoms with E-state index in [2.05, 4.69) is 40.4 Å². The molecule has 4 rings (SSSR count). The van der Waals surface area contributed by atoms with Gasteiger partial charge in [-0.3, -0.25) is 9.69 Å². The Balaban J connectivity index is 1.53. The number of likely N-dealkylation sites (N-methyl/N-ethyl adjacent to an activating group) is 1. The van der Waals surface area contributed by atoms with E-state index < -0.39 is 0 Å². The van der Waals surface area contributed by atoms with Crippen molar-refractivity contribution in [3.05, 3.63) is 65.2 Å². The van der Waals surface area contributed by atoms with Gasteiger partial charge in [-0.25, -0.2) is 0 Å². The van der Waals surface area contributed by atoms with Crippen LogP contribution >= 0.6 is 0 Å². The number of piperidine rings is 1. The van der Waals surface area contributed by atoms with Crippen molar-refractivity contribution >= 4 is 11.6 Å². The number of amides is 1. The van der Waals surface area contributed by atoms with E-state index in [4.69, 9.17) is 0 Å². The first-order valence-corrected chi connectivity index (χ1v) is 10.1. The van der Waals surface area contributed by atoms with E-state index in [1.165, 1.54) is 36.1 Å². The number of carbonyl (C=O) groups is 1. The molecular formula is C23H29N3O. The Morgan fingerprint density at radius 1 is 1.04 bits per heavy atom. The Hall–Kier alpha value is -2.33. The molecule has 1 fully saturated rings. The fourth-order valence-electron chi connectivity index (χ4n) is 4.36. The van der Waals surface area contributed by atoms with Crippen LogP contribution in [0.4, 0.5) is 5.69 Å². The topological polar surface area (TPSA) is 35.6 Å². The third-order valence-corrected chi connectivity index (χ3v) is 5.94. The molecule has 0 bridgehead atoms. The maximum absolute atomic E-state index is 12.6. The molecule has 27 heavy (non-hydrogen) atoms. The van der Waals surface area contributed by atoms with E-state index in [1.54, 1.807) is 0 Å². The number of nitrogens with zero attached hydrogens (tertiary/aromatic N) is 2. The highest BCUT2D eigenvalue weighted by Crippen LogP contribution is 2.32. The number of hydrogen-bond acceptors (Lipinski definition) is 3. The zero-order valence-electron chi connectivity index (χ0n) is 16.2. The third kappa shape index (κ3) is 4.01. The monoisotopic (exact) mass is 363 g/mol. The van der Waals surface area contributed by atoms with Crippen LogP contribution in [0.3, 0.4) is 0 Å². The molecule has 0 radical (unpaired) electrons. The second-order valence-electron chi connectivity index (χ2n) is 7.75. The van der Waals surface area contributed by atoms with Gasteiger partial charge in [-0.1, -0.05) is 36.8 Å². The van der Waals surface area contributed by atoms with Crippen molar-refractivity contribution in [3.63, 3.8) is 0 Å². The number of fused-ring (bicyclic) bond motifs is 1. The Labute approximate surface area is 162 Å². The molecule has 0 spiro atoms. The fraction of sp³-hybridized carbons (Fsp3) is 0.435. The Morgan fingerprint density at radius 3 is 2.59 bits per heavy atom. The summed E-state index contributed by atoms with van der Waals surface area (Å²) < 4.78 is 0. The lowest BCUT2D eigenvalue weighted by Gasteiger charge is -2.35. The number of hydrogen-bond donors (Lipinski definition) is 1. The predicted octanol–water partition coefficient (Wildman–Crippen LogP) is 3.64. The SMILES string of the molecule is CN1CCc2cc([C@H](CNC(=O)c3ccccc3)N3CCCCC3)ccc21. The summed E-state index contributed by atoms with van der Waals surface area (Å²) in [7, 11) is 2.16. The lowest BCUT2D eigenvalue weighted by molar-refractivity contribution is 0.0924. The molecule has 0 unspecified atom stereocenters. The van der Waals surface area contributed by atoms with Crippen LogP contribution in [0.2, 0.25) is 0 Å². The van der Waals surface area contributed by atoms with Gasteiger partial charge in [0.2, 0.25) is 0 Å². The number of carbonyl (C=O) groups excluding carboxylic acids is 1. The smallest absolute Gasteiger partial charge is 0.251 e. The van der Waals surface area contributed by atoms with E-state index in [-0.39, 0.29) is 11.9 Å². The zero-order valence-corrected chi connectivity index (χ0v) is 16.2. The molecule has 2 aromatic rings. The Kier molecular flexibility index (Phi) is 5.44. The second kappa shape index (κ2) is 8.13. The zero-order chi connectivity index (χ0) is 18.6. The van der Waals surface area contributed by atoms with E-state index in [0.717, 1.165) is 31.6 Å². The summed E-state index contributed by atoms with van der Waals surface area (Å²) in [4.78, 5) is 17.4. The van der Waals surface area contributed by atoms with Gasteiger partial charge in [-0.15, -0.1) is 0 Å². The van der Waals surface area contributed by atoms with Gasteiger partial charge in [0.15, 0.2) is 0 Å². The van der Waals surface area contributed by atoms with Crippen LogP contribution < -0.4 is 10.2 Å². The van der Waals surface area contributed by atoms with E-state index in [9.17, 15) is 4.79 Å². The minimum absolute atomic E-state index is 0.0125. The first kappa shape index (κ1) is 18.1. The summed E-state index contributed by atoms with van der Waals surface area (Å²) in [6.45, 7) is 3.98. The third-order valence-electron chi connectivity index (χ3n) is 5.94. The molecule has 4 nitrogen and oxygen atoms in total. The van der Waals surface area contributed by atoms with Crippen molar-refractivity contribution in [1.82, 2.24) is 10.2 Å². The second-order valence-corrected chi connectivity index (χ2v) is 7.75. The molecule has 2 aromatic carbocycles. The standard InChI is InChI=1S/C23H29N3O/c1-25-15-12-20-16-19(10-11-21(20)25)22(26-13-6-3-7-14-26)17-24-23(27)18-8-4-2-5-9-18/h2,4-5,8-11,16,22H,3,6-7,12-15,17H2,1H3,(H,24,27)/t22-/m0/s1. The summed E-state index contributed by atoms with van der Waals surface area (Å²) in [5, 5.41) is 3.18. The first-order chi connectivity index (χ1) is 13.2. The van der Waals surface area contributed by atoms with Gasteiger partial charge >= 0.3 is 0 Å². The molecule has 1 saturated heterocycles. The van der Waals surface area contributed by atoms with E-state index in [0.29, 0.717) is 6.54 Å². The fourth-order valence-corrected chi connectivity index (χ4v) is 4.36. The maximum Gasteiger partial charge on any atom is 0.251 e. The molecule has 2 heterocycles. The van der Waals surface area contributed by atoms with Crippen LogP contribution in [0, 0.1) is 0 Å². The average Bonchev–Trinajstić information content (AvgIpc) is 3.10. The highest BCUT2D eigenvalue weighted by molar-refractivity contribution is 5.94. The van der Waals surface area contributed by atoms with Gasteiger partial charge in [-0.2, -0.15) is 0 Å². The van der Waals surface area contributed by atoms with Crippen molar-refractivity contribution in [2.75, 3.05) is 38.1 Å². The normalized spacial score (nSPS) is 18.2. The van der Waals surface area contributed by atoms with Crippen LogP contribution in [0.15, 0.2) is 48.5 Å². The van der Waals surface area contributed by atoms with Gasteiger partial charge in [0.1, 0.15) is 0 Å². The summed E-state index contributed by atoms with van der Waals surface area (Å²) in [6.07, 6.45) is 4.92. The van der Waals surface area contributed by atoms with Gasteiger partial charge in [-0.05, 0) is 61.7 Å².